The van der Waals surface area contributed by atoms with Crippen molar-refractivity contribution in [1.29, 1.82) is 0 Å². The molecule has 0 aliphatic heterocycles. The van der Waals surface area contributed by atoms with Gasteiger partial charge in [-0.05, 0) is 36.4 Å². The first-order valence-corrected chi connectivity index (χ1v) is 8.00. The summed E-state index contributed by atoms with van der Waals surface area (Å²) < 4.78 is 5.45. The van der Waals surface area contributed by atoms with Gasteiger partial charge in [0.2, 0.25) is 0 Å². The Bertz CT molecular complexity index is 689. The van der Waals surface area contributed by atoms with Crippen LogP contribution in [0.25, 0.3) is 0 Å². The fraction of sp³-hybridized carbons (Fsp3) is 0.222. The van der Waals surface area contributed by atoms with Crippen molar-refractivity contribution in [2.45, 2.75) is 6.54 Å². The van der Waals surface area contributed by atoms with E-state index in [1.807, 2.05) is 31.3 Å². The maximum Gasteiger partial charge on any atom is 0.279 e. The first-order valence-electron chi connectivity index (χ1n) is 7.63. The number of likely N-dealkylation sites (N-methyl/N-ethyl adjacent to an activating group) is 1. The van der Waals surface area contributed by atoms with E-state index in [9.17, 15) is 4.79 Å². The molecule has 1 aromatic heterocycles. The predicted molar refractivity (Wildman–Crippen MR) is 95.5 cm³/mol. The van der Waals surface area contributed by atoms with E-state index in [1.54, 1.807) is 24.4 Å². The maximum atomic E-state index is 12.1. The number of hydrogen-bond donors (Lipinski definition) is 2. The van der Waals surface area contributed by atoms with Gasteiger partial charge in [0.25, 0.3) is 5.91 Å². The molecule has 0 radical (unpaired) electrons. The molecule has 1 aromatic carbocycles. The summed E-state index contributed by atoms with van der Waals surface area (Å²) in [5, 5.41) is 3.07. The van der Waals surface area contributed by atoms with E-state index >= 15 is 0 Å². The van der Waals surface area contributed by atoms with Crippen LogP contribution in [0.2, 0.25) is 5.15 Å². The molecule has 0 saturated heterocycles. The van der Waals surface area contributed by atoms with Gasteiger partial charge in [0.05, 0.1) is 12.7 Å². The summed E-state index contributed by atoms with van der Waals surface area (Å²) in [4.78, 5) is 17.1. The minimum atomic E-state index is -0.103. The molecule has 0 fully saturated rings. The number of halogens is 1. The van der Waals surface area contributed by atoms with Gasteiger partial charge in [-0.25, -0.2) is 4.98 Å². The zero-order chi connectivity index (χ0) is 17.4. The van der Waals surface area contributed by atoms with E-state index in [0.717, 1.165) is 22.8 Å². The Morgan fingerprint density at radius 2 is 2.12 bits per heavy atom. The van der Waals surface area contributed by atoms with Crippen molar-refractivity contribution in [3.8, 4) is 5.75 Å². The lowest BCUT2D eigenvalue weighted by atomic mass is 10.2. The number of quaternary nitrogens is 1. The summed E-state index contributed by atoms with van der Waals surface area (Å²) in [6, 6.07) is 11.3. The molecule has 2 rings (SSSR count). The number of aromatic nitrogens is 1. The molecule has 1 heterocycles. The highest BCUT2D eigenvalue weighted by atomic mass is 35.5. The molecule has 0 spiro atoms. The lowest BCUT2D eigenvalue weighted by molar-refractivity contribution is -0.885. The van der Waals surface area contributed by atoms with Crippen LogP contribution in [0.5, 0.6) is 5.75 Å². The van der Waals surface area contributed by atoms with Gasteiger partial charge < -0.3 is 15.0 Å². The van der Waals surface area contributed by atoms with Crippen LogP contribution >= 0.6 is 11.6 Å². The molecule has 0 aliphatic rings. The number of rotatable bonds is 8. The first-order chi connectivity index (χ1) is 11.6. The summed E-state index contributed by atoms with van der Waals surface area (Å²) in [5.41, 5.74) is 1.66. The molecule has 0 aliphatic carbocycles. The number of ether oxygens (including phenoxy) is 1. The van der Waals surface area contributed by atoms with E-state index in [4.69, 9.17) is 16.3 Å². The van der Waals surface area contributed by atoms with Crippen molar-refractivity contribution in [2.75, 3.05) is 25.5 Å². The van der Waals surface area contributed by atoms with Crippen LogP contribution in [0.15, 0.2) is 55.3 Å². The van der Waals surface area contributed by atoms with Crippen LogP contribution in [-0.2, 0) is 11.3 Å². The average molecular weight is 347 g/mol. The molecule has 126 valence electrons. The molecule has 1 atom stereocenters. The SMILES string of the molecule is C=CCOc1ccc(C[NH+](C)CC(=O)Nc2cccnc2Cl)cc1. The third-order valence-corrected chi connectivity index (χ3v) is 3.59. The summed E-state index contributed by atoms with van der Waals surface area (Å²) in [5.74, 6) is 0.702. The van der Waals surface area contributed by atoms with Crippen molar-refractivity contribution in [1.82, 2.24) is 4.98 Å². The van der Waals surface area contributed by atoms with Crippen molar-refractivity contribution in [2.24, 2.45) is 0 Å². The van der Waals surface area contributed by atoms with Gasteiger partial charge in [-0.1, -0.05) is 24.3 Å². The third-order valence-electron chi connectivity index (χ3n) is 3.29. The Labute approximate surface area is 146 Å². The Kier molecular flexibility index (Phi) is 6.78. The quantitative estimate of drug-likeness (QED) is 0.567. The number of hydrogen-bond acceptors (Lipinski definition) is 3. The molecule has 6 heteroatoms. The second kappa shape index (κ2) is 9.05. The minimum absolute atomic E-state index is 0.103. The van der Waals surface area contributed by atoms with Crippen LogP contribution in [0, 0.1) is 0 Å². The number of pyridine rings is 1. The molecular weight excluding hydrogens is 326 g/mol. The second-order valence-electron chi connectivity index (χ2n) is 5.44. The number of anilines is 1. The molecule has 1 unspecified atom stereocenters. The largest absolute Gasteiger partial charge is 0.490 e. The van der Waals surface area contributed by atoms with Gasteiger partial charge >= 0.3 is 0 Å². The minimum Gasteiger partial charge on any atom is -0.490 e. The van der Waals surface area contributed by atoms with Gasteiger partial charge in [0.15, 0.2) is 11.7 Å². The zero-order valence-electron chi connectivity index (χ0n) is 13.6. The van der Waals surface area contributed by atoms with Gasteiger partial charge in [-0.15, -0.1) is 0 Å². The molecule has 5 nitrogen and oxygen atoms in total. The topological polar surface area (TPSA) is 55.7 Å². The van der Waals surface area contributed by atoms with E-state index < -0.39 is 0 Å². The van der Waals surface area contributed by atoms with E-state index in [0.29, 0.717) is 24.0 Å². The summed E-state index contributed by atoms with van der Waals surface area (Å²) >= 11 is 5.93. The first kappa shape index (κ1) is 18.0. The lowest BCUT2D eigenvalue weighted by Crippen LogP contribution is -3.08. The van der Waals surface area contributed by atoms with Crippen LogP contribution in [0.3, 0.4) is 0 Å². The molecule has 0 saturated carbocycles. The fourth-order valence-electron chi connectivity index (χ4n) is 2.22. The molecule has 2 N–H and O–H groups in total. The summed E-state index contributed by atoms with van der Waals surface area (Å²) in [7, 11) is 1.96. The average Bonchev–Trinajstić information content (AvgIpc) is 2.56. The van der Waals surface area contributed by atoms with E-state index in [2.05, 4.69) is 16.9 Å². The predicted octanol–water partition coefficient (Wildman–Crippen LogP) is 1.95. The number of carbonyl (C=O) groups is 1. The van der Waals surface area contributed by atoms with Crippen LogP contribution in [0.4, 0.5) is 5.69 Å². The van der Waals surface area contributed by atoms with Crippen molar-refractivity contribution < 1.29 is 14.4 Å². The summed E-state index contributed by atoms with van der Waals surface area (Å²) in [6.07, 6.45) is 3.29. The van der Waals surface area contributed by atoms with Gasteiger partial charge in [0, 0.05) is 11.8 Å². The fourth-order valence-corrected chi connectivity index (χ4v) is 2.38. The number of amides is 1. The number of carbonyl (C=O) groups excluding carboxylic acids is 1. The number of nitrogens with zero attached hydrogens (tertiary/aromatic N) is 1. The van der Waals surface area contributed by atoms with Crippen molar-refractivity contribution in [3.05, 3.63) is 66.0 Å². The molecular formula is C18H21ClN3O2+. The maximum absolute atomic E-state index is 12.1. The van der Waals surface area contributed by atoms with E-state index in [-0.39, 0.29) is 5.91 Å². The molecule has 1 amide bonds. The van der Waals surface area contributed by atoms with Gasteiger partial charge in [0.1, 0.15) is 18.9 Å². The molecule has 24 heavy (non-hydrogen) atoms. The molecule has 2 aromatic rings. The second-order valence-corrected chi connectivity index (χ2v) is 5.80. The highest BCUT2D eigenvalue weighted by Crippen LogP contribution is 2.16. The van der Waals surface area contributed by atoms with Crippen molar-refractivity contribution in [3.63, 3.8) is 0 Å². The Morgan fingerprint density at radius 3 is 2.79 bits per heavy atom. The lowest BCUT2D eigenvalue weighted by Gasteiger charge is -2.14. The molecule has 0 bridgehead atoms. The van der Waals surface area contributed by atoms with Crippen LogP contribution < -0.4 is 15.0 Å². The Morgan fingerprint density at radius 1 is 1.38 bits per heavy atom. The van der Waals surface area contributed by atoms with Crippen molar-refractivity contribution >= 4 is 23.2 Å². The van der Waals surface area contributed by atoms with E-state index in [1.165, 1.54) is 0 Å². The standard InChI is InChI=1S/C18H20ClN3O2/c1-3-11-24-15-8-6-14(7-9-15)12-22(2)13-17(23)21-16-5-4-10-20-18(16)19/h3-10H,1,11-13H2,2H3,(H,21,23)/p+1. The smallest absolute Gasteiger partial charge is 0.279 e. The summed E-state index contributed by atoms with van der Waals surface area (Å²) in [6.45, 7) is 5.17. The van der Waals surface area contributed by atoms with Crippen LogP contribution in [0.1, 0.15) is 5.56 Å². The monoisotopic (exact) mass is 346 g/mol. The Balaban J connectivity index is 1.84. The van der Waals surface area contributed by atoms with Crippen LogP contribution in [-0.4, -0.2) is 31.1 Å². The Hall–Kier alpha value is -2.37. The normalized spacial score (nSPS) is 11.6. The zero-order valence-corrected chi connectivity index (χ0v) is 14.3. The highest BCUT2D eigenvalue weighted by molar-refractivity contribution is 6.32. The van der Waals surface area contributed by atoms with Gasteiger partial charge in [-0.3, -0.25) is 4.79 Å². The number of nitrogens with one attached hydrogen (secondary N) is 2. The number of benzene rings is 1. The highest BCUT2D eigenvalue weighted by Gasteiger charge is 2.12. The van der Waals surface area contributed by atoms with Gasteiger partial charge in [-0.2, -0.15) is 0 Å². The third kappa shape index (κ3) is 5.68.